The van der Waals surface area contributed by atoms with Crippen LogP contribution in [0.5, 0.6) is 11.5 Å². The lowest BCUT2D eigenvalue weighted by molar-refractivity contribution is -0.192. The van der Waals surface area contributed by atoms with Crippen LogP contribution in [0.1, 0.15) is 26.3 Å². The first-order valence-electron chi connectivity index (χ1n) is 10.2. The number of carboxylic acid groups (broad SMARTS) is 1. The molecule has 3 N–H and O–H groups in total. The number of halogens is 4. The van der Waals surface area contributed by atoms with Gasteiger partial charge in [-0.3, -0.25) is 0 Å². The van der Waals surface area contributed by atoms with E-state index >= 15 is 0 Å². The number of carboxylic acids is 1. The van der Waals surface area contributed by atoms with Crippen molar-refractivity contribution >= 4 is 44.6 Å². The van der Waals surface area contributed by atoms with Crippen LogP contribution in [0.25, 0.3) is 11.0 Å². The molecular formula is C23H26BrF3N4O4. The number of benzene rings is 2. The highest BCUT2D eigenvalue weighted by Gasteiger charge is 2.38. The number of methoxy groups -OCH3 is 2. The number of ether oxygens (including phenoxy) is 2. The summed E-state index contributed by atoms with van der Waals surface area (Å²) in [7, 11) is 3.29. The van der Waals surface area contributed by atoms with Crippen molar-refractivity contribution in [1.82, 2.24) is 9.97 Å². The predicted octanol–water partition coefficient (Wildman–Crippen LogP) is 5.87. The predicted molar refractivity (Wildman–Crippen MR) is 131 cm³/mol. The van der Waals surface area contributed by atoms with Gasteiger partial charge in [-0.05, 0) is 61.0 Å². The summed E-state index contributed by atoms with van der Waals surface area (Å²) in [6, 6.07) is 11.6. The maximum absolute atomic E-state index is 10.6. The lowest BCUT2D eigenvalue weighted by atomic mass is 10.1. The normalized spacial score (nSPS) is 11.3. The summed E-state index contributed by atoms with van der Waals surface area (Å²) in [6.45, 7) is 6.82. The highest BCUT2D eigenvalue weighted by molar-refractivity contribution is 9.10. The molecule has 0 radical (unpaired) electrons. The van der Waals surface area contributed by atoms with E-state index in [1.807, 2.05) is 36.4 Å². The fourth-order valence-electron chi connectivity index (χ4n) is 2.79. The maximum atomic E-state index is 10.6. The van der Waals surface area contributed by atoms with Crippen LogP contribution < -0.4 is 20.1 Å². The number of fused-ring (bicyclic) bond motifs is 1. The third-order valence-corrected chi connectivity index (χ3v) is 4.96. The van der Waals surface area contributed by atoms with Crippen molar-refractivity contribution in [3.63, 3.8) is 0 Å². The smallest absolute Gasteiger partial charge is 0.490 e. The Labute approximate surface area is 209 Å². The molecule has 12 heteroatoms. The molecule has 1 heterocycles. The molecule has 1 aromatic heterocycles. The lowest BCUT2D eigenvalue weighted by Gasteiger charge is -2.23. The van der Waals surface area contributed by atoms with E-state index in [-0.39, 0.29) is 5.54 Å². The van der Waals surface area contributed by atoms with Gasteiger partial charge >= 0.3 is 12.1 Å². The Kier molecular flexibility index (Phi) is 9.13. The molecule has 2 aromatic carbocycles. The molecule has 0 saturated carbocycles. The second-order valence-corrected chi connectivity index (χ2v) is 9.09. The first-order chi connectivity index (χ1) is 16.2. The number of carbonyl (C=O) groups is 1. The second-order valence-electron chi connectivity index (χ2n) is 8.24. The first kappa shape index (κ1) is 28.0. The zero-order valence-electron chi connectivity index (χ0n) is 19.7. The number of anilines is 2. The van der Waals surface area contributed by atoms with Gasteiger partial charge in [-0.1, -0.05) is 6.07 Å². The van der Waals surface area contributed by atoms with E-state index in [9.17, 15) is 13.2 Å². The highest BCUT2D eigenvalue weighted by atomic mass is 79.9. The quantitative estimate of drug-likeness (QED) is 0.345. The molecule has 190 valence electrons. The second kappa shape index (κ2) is 11.4. The molecule has 35 heavy (non-hydrogen) atoms. The molecule has 0 fully saturated rings. The van der Waals surface area contributed by atoms with E-state index in [4.69, 9.17) is 29.3 Å². The van der Waals surface area contributed by atoms with Crippen molar-refractivity contribution in [3.05, 3.63) is 46.4 Å². The SMILES string of the molecule is COc1ccc(CNc2nc3cccc(Br)c3nc2NC(C)(C)C)c(OC)c1.O=C(O)C(F)(F)F. The van der Waals surface area contributed by atoms with Gasteiger partial charge in [-0.25, -0.2) is 14.8 Å². The number of rotatable bonds is 6. The van der Waals surface area contributed by atoms with Gasteiger partial charge in [0.2, 0.25) is 0 Å². The van der Waals surface area contributed by atoms with E-state index in [0.717, 1.165) is 32.6 Å². The molecule has 0 amide bonds. The molecule has 0 bridgehead atoms. The molecule has 0 spiro atoms. The summed E-state index contributed by atoms with van der Waals surface area (Å²) in [5.41, 5.74) is 2.48. The summed E-state index contributed by atoms with van der Waals surface area (Å²) in [4.78, 5) is 18.5. The Hall–Kier alpha value is -3.28. The van der Waals surface area contributed by atoms with Crippen LogP contribution in [0.4, 0.5) is 24.8 Å². The van der Waals surface area contributed by atoms with Crippen molar-refractivity contribution in [2.75, 3.05) is 24.9 Å². The van der Waals surface area contributed by atoms with Gasteiger partial charge in [0, 0.05) is 28.2 Å². The Bertz CT molecular complexity index is 1180. The summed E-state index contributed by atoms with van der Waals surface area (Å²) < 4.78 is 43.4. The molecule has 8 nitrogen and oxygen atoms in total. The van der Waals surface area contributed by atoms with Gasteiger partial charge in [0.1, 0.15) is 17.0 Å². The Balaban J connectivity index is 0.000000540. The standard InChI is InChI=1S/C21H25BrN4O2.C2HF3O2/c1-21(2,3)26-20-19(24-16-8-6-7-15(22)18(16)25-20)23-12-13-9-10-14(27-4)11-17(13)28-5;3-2(4,5)1(6)7/h6-11H,12H2,1-5H3,(H,23,24)(H,25,26);(H,6,7). The molecule has 0 aliphatic carbocycles. The minimum absolute atomic E-state index is 0.155. The number of hydrogen-bond donors (Lipinski definition) is 3. The largest absolute Gasteiger partial charge is 0.497 e. The van der Waals surface area contributed by atoms with Crippen molar-refractivity contribution in [3.8, 4) is 11.5 Å². The van der Waals surface area contributed by atoms with Crippen LogP contribution in [-0.2, 0) is 11.3 Å². The minimum Gasteiger partial charge on any atom is -0.497 e. The van der Waals surface area contributed by atoms with Gasteiger partial charge in [0.15, 0.2) is 11.6 Å². The van der Waals surface area contributed by atoms with Crippen molar-refractivity contribution in [1.29, 1.82) is 0 Å². The minimum atomic E-state index is -5.08. The lowest BCUT2D eigenvalue weighted by Crippen LogP contribution is -2.27. The van der Waals surface area contributed by atoms with Gasteiger partial charge in [0.25, 0.3) is 0 Å². The molecule has 3 rings (SSSR count). The molecule has 0 aliphatic heterocycles. The van der Waals surface area contributed by atoms with E-state index in [0.29, 0.717) is 18.2 Å². The van der Waals surface area contributed by atoms with Crippen molar-refractivity contribution in [2.24, 2.45) is 0 Å². The number of nitrogens with zero attached hydrogens (tertiary/aromatic N) is 2. The molecule has 0 aliphatic rings. The van der Waals surface area contributed by atoms with Crippen molar-refractivity contribution in [2.45, 2.75) is 39.0 Å². The van der Waals surface area contributed by atoms with Gasteiger partial charge in [-0.2, -0.15) is 13.2 Å². The van der Waals surface area contributed by atoms with Gasteiger partial charge in [-0.15, -0.1) is 0 Å². The summed E-state index contributed by atoms with van der Waals surface area (Å²) >= 11 is 3.56. The van der Waals surface area contributed by atoms with Crippen LogP contribution in [-0.4, -0.2) is 47.0 Å². The summed E-state index contributed by atoms with van der Waals surface area (Å²) in [5.74, 6) is 0.157. The summed E-state index contributed by atoms with van der Waals surface area (Å²) in [5, 5.41) is 14.0. The maximum Gasteiger partial charge on any atom is 0.490 e. The molecule has 0 unspecified atom stereocenters. The Morgan fingerprint density at radius 1 is 1.06 bits per heavy atom. The van der Waals surface area contributed by atoms with Crippen LogP contribution in [0.15, 0.2) is 40.9 Å². The number of hydrogen-bond acceptors (Lipinski definition) is 7. The van der Waals surface area contributed by atoms with E-state index in [1.165, 1.54) is 0 Å². The van der Waals surface area contributed by atoms with Crippen LogP contribution >= 0.6 is 15.9 Å². The monoisotopic (exact) mass is 558 g/mol. The fourth-order valence-corrected chi connectivity index (χ4v) is 3.23. The van der Waals surface area contributed by atoms with E-state index in [1.54, 1.807) is 14.2 Å². The first-order valence-corrected chi connectivity index (χ1v) is 11.0. The van der Waals surface area contributed by atoms with Crippen LogP contribution in [0.2, 0.25) is 0 Å². The van der Waals surface area contributed by atoms with E-state index in [2.05, 4.69) is 47.3 Å². The number of nitrogens with one attached hydrogen (secondary N) is 2. The molecular weight excluding hydrogens is 533 g/mol. The third kappa shape index (κ3) is 8.16. The zero-order valence-corrected chi connectivity index (χ0v) is 21.3. The van der Waals surface area contributed by atoms with Crippen molar-refractivity contribution < 1.29 is 32.5 Å². The number of para-hydroxylation sites is 1. The third-order valence-electron chi connectivity index (χ3n) is 4.32. The fraction of sp³-hybridized carbons (Fsp3) is 0.348. The van der Waals surface area contributed by atoms with Gasteiger partial charge < -0.3 is 25.2 Å². The molecule has 0 atom stereocenters. The Morgan fingerprint density at radius 3 is 2.26 bits per heavy atom. The van der Waals surface area contributed by atoms with Gasteiger partial charge in [0.05, 0.1) is 19.7 Å². The van der Waals surface area contributed by atoms with E-state index < -0.39 is 12.1 Å². The number of alkyl halides is 3. The average molecular weight is 559 g/mol. The summed E-state index contributed by atoms with van der Waals surface area (Å²) in [6.07, 6.45) is -5.08. The highest BCUT2D eigenvalue weighted by Crippen LogP contribution is 2.30. The van der Waals surface area contributed by atoms with Crippen LogP contribution in [0, 0.1) is 0 Å². The number of aliphatic carboxylic acids is 1. The molecule has 3 aromatic rings. The zero-order chi connectivity index (χ0) is 26.4. The average Bonchev–Trinajstić information content (AvgIpc) is 2.77. The van der Waals surface area contributed by atoms with Crippen LogP contribution in [0.3, 0.4) is 0 Å². The topological polar surface area (TPSA) is 106 Å². The molecule has 0 saturated heterocycles. The number of aromatic nitrogens is 2. The Morgan fingerprint density at radius 2 is 1.71 bits per heavy atom.